The number of hydrogen-bond donors (Lipinski definition) is 2. The molecule has 0 aliphatic carbocycles. The van der Waals surface area contributed by atoms with Gasteiger partial charge in [-0.25, -0.2) is 14.2 Å². The lowest BCUT2D eigenvalue weighted by Gasteiger charge is -2.30. The Morgan fingerprint density at radius 1 is 1.24 bits per heavy atom. The number of alkyl halides is 2. The predicted octanol–water partition coefficient (Wildman–Crippen LogP) is 7.49. The van der Waals surface area contributed by atoms with E-state index in [0.29, 0.717) is 28.2 Å². The van der Waals surface area contributed by atoms with E-state index in [9.17, 15) is 13.0 Å². The van der Waals surface area contributed by atoms with E-state index in [2.05, 4.69) is 47.4 Å². The van der Waals surface area contributed by atoms with Crippen LogP contribution in [0.15, 0.2) is 65.9 Å². The number of nitrogens with one attached hydrogen (secondary N) is 2. The van der Waals surface area contributed by atoms with Crippen LogP contribution in [-0.4, -0.2) is 51.0 Å². The molecule has 0 spiro atoms. The summed E-state index contributed by atoms with van der Waals surface area (Å²) in [6.07, 6.45) is 4.75. The van der Waals surface area contributed by atoms with Gasteiger partial charge in [-0.1, -0.05) is 56.5 Å². The van der Waals surface area contributed by atoms with Crippen molar-refractivity contribution in [3.8, 4) is 5.75 Å². The first-order valence-corrected chi connectivity index (χ1v) is 15.7. The molecule has 7 nitrogen and oxygen atoms in total. The minimum atomic E-state index is -3.00. The van der Waals surface area contributed by atoms with E-state index < -0.39 is 16.7 Å². The summed E-state index contributed by atoms with van der Waals surface area (Å²) in [5.41, 5.74) is 1.07. The van der Waals surface area contributed by atoms with E-state index in [1.54, 1.807) is 30.5 Å². The second-order valence-corrected chi connectivity index (χ2v) is 12.7. The molecule has 3 atom stereocenters. The number of thioether (sulfide) groups is 1. The summed E-state index contributed by atoms with van der Waals surface area (Å²) in [5.74, 6) is -1.12. The van der Waals surface area contributed by atoms with Gasteiger partial charge < -0.3 is 15.0 Å². The Morgan fingerprint density at radius 3 is 2.68 bits per heavy atom. The fourth-order valence-electron chi connectivity index (χ4n) is 4.70. The molecular weight excluding hydrogens is 564 g/mol. The summed E-state index contributed by atoms with van der Waals surface area (Å²) in [4.78, 5) is 13.4. The highest BCUT2D eigenvalue weighted by Crippen LogP contribution is 2.41. The zero-order valence-electron chi connectivity index (χ0n) is 23.8. The van der Waals surface area contributed by atoms with Crippen molar-refractivity contribution in [3.63, 3.8) is 0 Å². The van der Waals surface area contributed by atoms with Crippen LogP contribution in [0.3, 0.4) is 0 Å². The Kier molecular flexibility index (Phi) is 10.7. The highest BCUT2D eigenvalue weighted by atomic mass is 32.2. The Bertz CT molecular complexity index is 1440. The van der Waals surface area contributed by atoms with E-state index >= 15 is 0 Å². The maximum Gasteiger partial charge on any atom is 0.330 e. The molecule has 2 N–H and O–H groups in total. The number of likely N-dealkylation sites (tertiary alicyclic amines) is 1. The van der Waals surface area contributed by atoms with Crippen molar-refractivity contribution in [2.75, 3.05) is 30.2 Å². The summed E-state index contributed by atoms with van der Waals surface area (Å²) < 4.78 is 47.0. The van der Waals surface area contributed by atoms with Gasteiger partial charge in [-0.3, -0.25) is 4.72 Å². The topological polar surface area (TPSA) is 79.4 Å². The molecule has 41 heavy (non-hydrogen) atoms. The number of ether oxygens (including phenoxy) is 1. The van der Waals surface area contributed by atoms with E-state index in [1.165, 1.54) is 11.8 Å². The number of anilines is 2. The number of piperidine rings is 1. The van der Waals surface area contributed by atoms with Crippen LogP contribution in [0.25, 0.3) is 15.7 Å². The van der Waals surface area contributed by atoms with E-state index in [0.717, 1.165) is 53.6 Å². The molecule has 0 bridgehead atoms. The molecule has 1 aliphatic heterocycles. The summed E-state index contributed by atoms with van der Waals surface area (Å²) in [6.45, 7) is 12.3. The van der Waals surface area contributed by atoms with Crippen molar-refractivity contribution >= 4 is 50.1 Å². The molecule has 0 saturated carbocycles. The number of fused-ring (bicyclic) bond motifs is 1. The van der Waals surface area contributed by atoms with Gasteiger partial charge in [0.2, 0.25) is 5.95 Å². The van der Waals surface area contributed by atoms with E-state index in [4.69, 9.17) is 9.72 Å². The van der Waals surface area contributed by atoms with Crippen molar-refractivity contribution in [2.45, 2.75) is 51.8 Å². The Morgan fingerprint density at radius 2 is 2.00 bits per heavy atom. The van der Waals surface area contributed by atoms with Crippen LogP contribution in [0.4, 0.5) is 20.4 Å². The average Bonchev–Trinajstić information content (AvgIpc) is 2.95. The SMILES string of the molecule is C=C(C)S/C(=C(/Oc1ccc(NS(=O)C(F)F)c2ccccc12)C(C)CC)c1ccnc(NC2CCCN(C)C2)n1. The molecule has 2 heterocycles. The smallest absolute Gasteiger partial charge is 0.330 e. The lowest BCUT2D eigenvalue weighted by molar-refractivity contribution is 0.244. The van der Waals surface area contributed by atoms with Crippen LogP contribution in [0.5, 0.6) is 5.75 Å². The number of halogens is 2. The number of likely N-dealkylation sites (N-methyl/N-ethyl adjacent to an activating group) is 1. The third-order valence-electron chi connectivity index (χ3n) is 6.88. The van der Waals surface area contributed by atoms with E-state index in [1.807, 2.05) is 25.1 Å². The predicted molar refractivity (Wildman–Crippen MR) is 167 cm³/mol. The minimum absolute atomic E-state index is 0.0260. The second-order valence-electron chi connectivity index (χ2n) is 10.2. The molecule has 1 aliphatic rings. The normalized spacial score (nSPS) is 18.1. The first kappa shape index (κ1) is 30.9. The van der Waals surface area contributed by atoms with Crippen molar-refractivity contribution in [3.05, 3.63) is 71.6 Å². The highest BCUT2D eigenvalue weighted by molar-refractivity contribution is 8.11. The fraction of sp³-hybridized carbons (Fsp3) is 0.400. The molecule has 3 aromatic rings. The number of hydrogen-bond acceptors (Lipinski definition) is 7. The lowest BCUT2D eigenvalue weighted by Crippen LogP contribution is -2.40. The van der Waals surface area contributed by atoms with Crippen molar-refractivity contribution in [1.82, 2.24) is 14.9 Å². The summed E-state index contributed by atoms with van der Waals surface area (Å²) >= 11 is 1.50. The maximum absolute atomic E-state index is 13.0. The molecule has 220 valence electrons. The van der Waals surface area contributed by atoms with Crippen LogP contribution in [0.2, 0.25) is 0 Å². The molecule has 3 unspecified atom stereocenters. The maximum atomic E-state index is 13.0. The Hall–Kier alpha value is -3.02. The van der Waals surface area contributed by atoms with Gasteiger partial charge in [0.25, 0.3) is 0 Å². The number of aromatic nitrogens is 2. The molecule has 0 radical (unpaired) electrons. The molecule has 1 fully saturated rings. The number of benzene rings is 2. The number of nitrogens with zero attached hydrogens (tertiary/aromatic N) is 3. The number of rotatable bonds is 12. The van der Waals surface area contributed by atoms with Gasteiger partial charge in [-0.2, -0.15) is 8.78 Å². The van der Waals surface area contributed by atoms with Gasteiger partial charge in [-0.15, -0.1) is 0 Å². The van der Waals surface area contributed by atoms with Gasteiger partial charge >= 0.3 is 5.76 Å². The molecule has 11 heteroatoms. The quantitative estimate of drug-likeness (QED) is 0.208. The zero-order chi connectivity index (χ0) is 29.5. The van der Waals surface area contributed by atoms with Crippen LogP contribution in [-0.2, 0) is 11.0 Å². The van der Waals surface area contributed by atoms with Crippen molar-refractivity contribution in [1.29, 1.82) is 0 Å². The summed E-state index contributed by atoms with van der Waals surface area (Å²) in [7, 11) is -0.400. The Labute approximate surface area is 247 Å². The molecule has 0 amide bonds. The minimum Gasteiger partial charge on any atom is -0.460 e. The van der Waals surface area contributed by atoms with Gasteiger partial charge in [0, 0.05) is 35.5 Å². The molecule has 1 saturated heterocycles. The van der Waals surface area contributed by atoms with Gasteiger partial charge in [0.1, 0.15) is 11.5 Å². The highest BCUT2D eigenvalue weighted by Gasteiger charge is 2.23. The van der Waals surface area contributed by atoms with E-state index in [-0.39, 0.29) is 12.0 Å². The van der Waals surface area contributed by atoms with Crippen LogP contribution >= 0.6 is 11.8 Å². The fourth-order valence-corrected chi connectivity index (χ4v) is 6.10. The molecule has 2 aromatic carbocycles. The largest absolute Gasteiger partial charge is 0.460 e. The Balaban J connectivity index is 1.76. The van der Waals surface area contributed by atoms with Crippen LogP contribution < -0.4 is 14.8 Å². The van der Waals surface area contributed by atoms with Gasteiger partial charge in [0.15, 0.2) is 11.0 Å². The molecule has 1 aromatic heterocycles. The summed E-state index contributed by atoms with van der Waals surface area (Å²) in [5, 5.41) is 4.83. The molecule has 4 rings (SSSR count). The lowest BCUT2D eigenvalue weighted by atomic mass is 10.0. The first-order valence-electron chi connectivity index (χ1n) is 13.7. The third-order valence-corrected chi connectivity index (χ3v) is 8.59. The van der Waals surface area contributed by atoms with Crippen molar-refractivity contribution in [2.24, 2.45) is 5.92 Å². The van der Waals surface area contributed by atoms with Crippen LogP contribution in [0, 0.1) is 5.92 Å². The van der Waals surface area contributed by atoms with Crippen LogP contribution in [0.1, 0.15) is 45.7 Å². The number of allylic oxidation sites excluding steroid dienone is 2. The monoisotopic (exact) mass is 601 g/mol. The third kappa shape index (κ3) is 8.05. The summed E-state index contributed by atoms with van der Waals surface area (Å²) in [6, 6.07) is 12.8. The zero-order valence-corrected chi connectivity index (χ0v) is 25.5. The molecular formula is C30H37F2N5O2S2. The van der Waals surface area contributed by atoms with Gasteiger partial charge in [0.05, 0.1) is 16.3 Å². The standard InChI is InChI=1S/C30H37F2N5O2S2/c1-6-20(4)27(39-26-14-13-24(36-41(38)29(31)32)22-11-7-8-12-23(22)26)28(40-19(2)3)25-15-16-33-30(35-25)34-21-10-9-17-37(5)18-21/h7-8,11-16,20-21,29,36H,2,6,9-10,17-18H2,1,3-5H3,(H,33,34,35)/b28-27+. The average molecular weight is 602 g/mol. The second kappa shape index (κ2) is 14.2. The first-order chi connectivity index (χ1) is 19.7. The van der Waals surface area contributed by atoms with Crippen molar-refractivity contribution < 1.29 is 17.7 Å². The van der Waals surface area contributed by atoms with Gasteiger partial charge in [-0.05, 0) is 62.9 Å².